The minimum absolute atomic E-state index is 0.299. The topological polar surface area (TPSA) is 65.6 Å². The van der Waals surface area contributed by atoms with Crippen molar-refractivity contribution in [3.05, 3.63) is 42.5 Å². The number of ether oxygens (including phenoxy) is 4. The van der Waals surface area contributed by atoms with Crippen LogP contribution in [0.25, 0.3) is 22.4 Å². The number of H-pyrrole nitrogens is 1. The molecule has 2 heterocycles. The summed E-state index contributed by atoms with van der Waals surface area (Å²) in [6.45, 7) is 1.49. The Kier molecular flexibility index (Phi) is 4.06. The Hall–Kier alpha value is -2.57. The van der Waals surface area contributed by atoms with E-state index in [2.05, 4.69) is 9.97 Å². The molecule has 3 aromatic rings. The maximum absolute atomic E-state index is 5.96. The summed E-state index contributed by atoms with van der Waals surface area (Å²) in [4.78, 5) is 7.97. The quantitative estimate of drug-likeness (QED) is 0.781. The highest BCUT2D eigenvalue weighted by molar-refractivity contribution is 5.81. The molecule has 0 unspecified atom stereocenters. The van der Waals surface area contributed by atoms with Crippen molar-refractivity contribution < 1.29 is 18.9 Å². The van der Waals surface area contributed by atoms with E-state index >= 15 is 0 Å². The number of methoxy groups -OCH3 is 1. The molecule has 2 aromatic carbocycles. The zero-order valence-corrected chi connectivity index (χ0v) is 13.3. The molecule has 0 aliphatic carbocycles. The first-order valence-electron chi connectivity index (χ1n) is 7.83. The molecule has 0 amide bonds. The Morgan fingerprint density at radius 3 is 2.75 bits per heavy atom. The van der Waals surface area contributed by atoms with Crippen LogP contribution in [0.2, 0.25) is 0 Å². The van der Waals surface area contributed by atoms with Crippen molar-refractivity contribution in [3.8, 4) is 22.9 Å². The van der Waals surface area contributed by atoms with Gasteiger partial charge in [0.05, 0.1) is 36.9 Å². The van der Waals surface area contributed by atoms with Gasteiger partial charge in [-0.3, -0.25) is 0 Å². The molecular formula is C18H18N2O4. The van der Waals surface area contributed by atoms with E-state index in [-0.39, 0.29) is 6.29 Å². The lowest BCUT2D eigenvalue weighted by molar-refractivity contribution is -0.0686. The summed E-state index contributed by atoms with van der Waals surface area (Å²) in [5.74, 6) is 2.00. The van der Waals surface area contributed by atoms with E-state index in [9.17, 15) is 0 Å². The maximum Gasteiger partial charge on any atom is 0.191 e. The number of rotatable bonds is 5. The lowest BCUT2D eigenvalue weighted by atomic mass is 10.1. The van der Waals surface area contributed by atoms with Gasteiger partial charge in [-0.05, 0) is 24.3 Å². The Bertz CT molecular complexity index is 807. The van der Waals surface area contributed by atoms with Gasteiger partial charge >= 0.3 is 0 Å². The number of hydrogen-bond acceptors (Lipinski definition) is 5. The molecule has 1 N–H and O–H groups in total. The molecule has 1 aliphatic rings. The molecule has 4 rings (SSSR count). The maximum atomic E-state index is 5.96. The molecular weight excluding hydrogens is 308 g/mol. The van der Waals surface area contributed by atoms with Crippen LogP contribution in [0.15, 0.2) is 42.5 Å². The Morgan fingerprint density at radius 1 is 1.12 bits per heavy atom. The predicted octanol–water partition coefficient (Wildman–Crippen LogP) is 2.99. The van der Waals surface area contributed by atoms with Crippen LogP contribution in [0.5, 0.6) is 11.5 Å². The van der Waals surface area contributed by atoms with Gasteiger partial charge < -0.3 is 23.9 Å². The third-order valence-electron chi connectivity index (χ3n) is 3.90. The van der Waals surface area contributed by atoms with Crippen LogP contribution >= 0.6 is 0 Å². The van der Waals surface area contributed by atoms with Gasteiger partial charge in [0.1, 0.15) is 12.4 Å². The lowest BCUT2D eigenvalue weighted by Gasteiger charge is -2.16. The Morgan fingerprint density at radius 2 is 1.96 bits per heavy atom. The van der Waals surface area contributed by atoms with Crippen LogP contribution < -0.4 is 9.47 Å². The van der Waals surface area contributed by atoms with Gasteiger partial charge in [0.25, 0.3) is 0 Å². The number of fused-ring (bicyclic) bond motifs is 1. The zero-order chi connectivity index (χ0) is 16.4. The van der Waals surface area contributed by atoms with Crippen LogP contribution in [0.1, 0.15) is 0 Å². The second-order valence-electron chi connectivity index (χ2n) is 5.42. The molecule has 24 heavy (non-hydrogen) atoms. The van der Waals surface area contributed by atoms with Gasteiger partial charge in [0, 0.05) is 0 Å². The summed E-state index contributed by atoms with van der Waals surface area (Å²) in [6.07, 6.45) is -0.349. The zero-order valence-electron chi connectivity index (χ0n) is 13.3. The van der Waals surface area contributed by atoms with Crippen molar-refractivity contribution in [2.75, 3.05) is 26.9 Å². The highest BCUT2D eigenvalue weighted by atomic mass is 16.7. The summed E-state index contributed by atoms with van der Waals surface area (Å²) in [5.41, 5.74) is 2.72. The average molecular weight is 326 g/mol. The Labute approximate surface area is 139 Å². The minimum Gasteiger partial charge on any atom is -0.493 e. The number of para-hydroxylation sites is 3. The highest BCUT2D eigenvalue weighted by Crippen LogP contribution is 2.37. The highest BCUT2D eigenvalue weighted by Gasteiger charge is 2.20. The summed E-state index contributed by atoms with van der Waals surface area (Å²) < 4.78 is 22.3. The number of aromatic amines is 1. The summed E-state index contributed by atoms with van der Waals surface area (Å²) in [5, 5.41) is 0. The van der Waals surface area contributed by atoms with Crippen molar-refractivity contribution in [3.63, 3.8) is 0 Å². The minimum atomic E-state index is -0.349. The van der Waals surface area contributed by atoms with Gasteiger partial charge in [0.2, 0.25) is 0 Å². The first-order chi connectivity index (χ1) is 11.8. The van der Waals surface area contributed by atoms with Crippen molar-refractivity contribution in [1.82, 2.24) is 9.97 Å². The monoisotopic (exact) mass is 326 g/mol. The molecule has 1 aromatic heterocycles. The Balaban J connectivity index is 1.70. The van der Waals surface area contributed by atoms with Gasteiger partial charge in [-0.1, -0.05) is 18.2 Å². The molecule has 6 heteroatoms. The lowest BCUT2D eigenvalue weighted by Crippen LogP contribution is -2.18. The standard InChI is InChI=1S/C18H18N2O4/c1-21-15-8-4-5-12(17(15)24-11-16-22-9-10-23-16)18-19-13-6-2-3-7-14(13)20-18/h2-8,16H,9-11H2,1H3,(H,19,20). The number of benzene rings is 2. The summed E-state index contributed by atoms with van der Waals surface area (Å²) in [6, 6.07) is 13.6. The average Bonchev–Trinajstić information content (AvgIpc) is 3.28. The van der Waals surface area contributed by atoms with Crippen LogP contribution in [-0.2, 0) is 9.47 Å². The molecule has 6 nitrogen and oxygen atoms in total. The largest absolute Gasteiger partial charge is 0.493 e. The van der Waals surface area contributed by atoms with Crippen LogP contribution in [0, 0.1) is 0 Å². The van der Waals surface area contributed by atoms with Crippen molar-refractivity contribution in [2.45, 2.75) is 6.29 Å². The van der Waals surface area contributed by atoms with E-state index in [0.29, 0.717) is 31.3 Å². The van der Waals surface area contributed by atoms with Crippen LogP contribution in [0.3, 0.4) is 0 Å². The second kappa shape index (κ2) is 6.51. The third kappa shape index (κ3) is 2.81. The van der Waals surface area contributed by atoms with Crippen LogP contribution in [-0.4, -0.2) is 43.2 Å². The van der Waals surface area contributed by atoms with E-state index in [0.717, 1.165) is 22.4 Å². The van der Waals surface area contributed by atoms with Gasteiger partial charge in [-0.2, -0.15) is 0 Å². The van der Waals surface area contributed by atoms with Gasteiger partial charge in [-0.15, -0.1) is 0 Å². The molecule has 0 spiro atoms. The number of nitrogens with zero attached hydrogens (tertiary/aromatic N) is 1. The van der Waals surface area contributed by atoms with E-state index in [1.54, 1.807) is 7.11 Å². The first-order valence-corrected chi connectivity index (χ1v) is 7.83. The van der Waals surface area contributed by atoms with Crippen molar-refractivity contribution in [2.24, 2.45) is 0 Å². The smallest absolute Gasteiger partial charge is 0.191 e. The third-order valence-corrected chi connectivity index (χ3v) is 3.90. The predicted molar refractivity (Wildman–Crippen MR) is 89.3 cm³/mol. The number of nitrogens with one attached hydrogen (secondary N) is 1. The summed E-state index contributed by atoms with van der Waals surface area (Å²) >= 11 is 0. The van der Waals surface area contributed by atoms with Gasteiger partial charge in [0.15, 0.2) is 17.8 Å². The van der Waals surface area contributed by atoms with Crippen LogP contribution in [0.4, 0.5) is 0 Å². The molecule has 0 radical (unpaired) electrons. The molecule has 124 valence electrons. The molecule has 0 saturated carbocycles. The molecule has 0 bridgehead atoms. The SMILES string of the molecule is COc1cccc(-c2nc3ccccc3[nH]2)c1OCC1OCCO1. The fourth-order valence-electron chi connectivity index (χ4n) is 2.75. The van der Waals surface area contributed by atoms with Crippen molar-refractivity contribution >= 4 is 11.0 Å². The molecule has 1 aliphatic heterocycles. The number of hydrogen-bond donors (Lipinski definition) is 1. The second-order valence-corrected chi connectivity index (χ2v) is 5.42. The fourth-order valence-corrected chi connectivity index (χ4v) is 2.75. The number of aromatic nitrogens is 2. The van der Waals surface area contributed by atoms with Crippen molar-refractivity contribution in [1.29, 1.82) is 0 Å². The van der Waals surface area contributed by atoms with E-state index < -0.39 is 0 Å². The summed E-state index contributed by atoms with van der Waals surface area (Å²) in [7, 11) is 1.62. The molecule has 1 saturated heterocycles. The molecule has 1 fully saturated rings. The van der Waals surface area contributed by atoms with E-state index in [1.165, 1.54) is 0 Å². The first kappa shape index (κ1) is 15.0. The fraction of sp³-hybridized carbons (Fsp3) is 0.278. The molecule has 0 atom stereocenters. The normalized spacial score (nSPS) is 15.0. The van der Waals surface area contributed by atoms with E-state index in [4.69, 9.17) is 18.9 Å². The van der Waals surface area contributed by atoms with E-state index in [1.807, 2.05) is 42.5 Å². The van der Waals surface area contributed by atoms with Gasteiger partial charge in [-0.25, -0.2) is 4.98 Å². The number of imidazole rings is 1.